The Kier molecular flexibility index (Phi) is 5.27. The van der Waals surface area contributed by atoms with Gasteiger partial charge in [-0.1, -0.05) is 24.3 Å². The SMILES string of the molecule is Nc1c(S[O-])cc(NC2CCC2)c2c1C(=O)c1ccccc1C2=O.[Na+]. The van der Waals surface area contributed by atoms with E-state index in [0.717, 1.165) is 19.3 Å². The fourth-order valence-corrected chi connectivity index (χ4v) is 3.61. The molecule has 5 nitrogen and oxygen atoms in total. The summed E-state index contributed by atoms with van der Waals surface area (Å²) in [6.07, 6.45) is 3.16. The zero-order valence-electron chi connectivity index (χ0n) is 13.8. The first-order valence-electron chi connectivity index (χ1n) is 7.83. The summed E-state index contributed by atoms with van der Waals surface area (Å²) in [6, 6.07) is 8.58. The third-order valence-electron chi connectivity index (χ3n) is 4.75. The van der Waals surface area contributed by atoms with Crippen LogP contribution < -0.4 is 40.6 Å². The number of carbonyl (C=O) groups excluding carboxylic acids is 2. The molecule has 0 bridgehead atoms. The van der Waals surface area contributed by atoms with Gasteiger partial charge in [0, 0.05) is 27.8 Å². The van der Waals surface area contributed by atoms with Crippen LogP contribution in [0.2, 0.25) is 0 Å². The number of benzene rings is 2. The molecule has 0 aromatic heterocycles. The molecule has 0 saturated heterocycles. The van der Waals surface area contributed by atoms with Crippen molar-refractivity contribution >= 4 is 35.0 Å². The van der Waals surface area contributed by atoms with Crippen LogP contribution in [0.3, 0.4) is 0 Å². The Hall–Kier alpha value is -1.31. The van der Waals surface area contributed by atoms with Gasteiger partial charge in [0.2, 0.25) is 0 Å². The van der Waals surface area contributed by atoms with E-state index in [1.165, 1.54) is 0 Å². The summed E-state index contributed by atoms with van der Waals surface area (Å²) >= 11 is 0.241. The smallest absolute Gasteiger partial charge is 0.795 e. The summed E-state index contributed by atoms with van der Waals surface area (Å²) in [5.41, 5.74) is 7.85. The normalized spacial score (nSPS) is 15.7. The Bertz CT molecular complexity index is 881. The molecule has 0 spiro atoms. The minimum atomic E-state index is -0.301. The van der Waals surface area contributed by atoms with Crippen molar-refractivity contribution in [1.29, 1.82) is 0 Å². The number of ketones is 2. The van der Waals surface area contributed by atoms with Gasteiger partial charge < -0.3 is 15.6 Å². The van der Waals surface area contributed by atoms with Crippen LogP contribution in [0.4, 0.5) is 11.4 Å². The fourth-order valence-electron chi connectivity index (χ4n) is 3.25. The summed E-state index contributed by atoms with van der Waals surface area (Å²) in [7, 11) is 0. The molecule has 25 heavy (non-hydrogen) atoms. The van der Waals surface area contributed by atoms with Gasteiger partial charge in [0.25, 0.3) is 0 Å². The number of nitrogens with one attached hydrogen (secondary N) is 1. The standard InChI is InChI=1S/C18H16N2O3S.Na/c19-16-13(24-23)8-12(20-9-4-3-5-9)14-15(16)18(22)11-7-2-1-6-10(11)17(14)21;/h1-2,6-9,20,23H,3-5,19H2;/q;+1/p-1. The molecular weight excluding hydrogens is 347 g/mol. The third kappa shape index (κ3) is 2.92. The molecule has 0 radical (unpaired) electrons. The summed E-state index contributed by atoms with van der Waals surface area (Å²) in [6.45, 7) is 0. The van der Waals surface area contributed by atoms with Crippen molar-refractivity contribution in [3.63, 3.8) is 0 Å². The van der Waals surface area contributed by atoms with Crippen LogP contribution in [-0.4, -0.2) is 22.2 Å². The van der Waals surface area contributed by atoms with Gasteiger partial charge in [0.1, 0.15) is 0 Å². The topological polar surface area (TPSA) is 95.2 Å². The van der Waals surface area contributed by atoms with E-state index in [4.69, 9.17) is 5.73 Å². The Labute approximate surface area is 171 Å². The van der Waals surface area contributed by atoms with Crippen LogP contribution in [0.1, 0.15) is 51.1 Å². The van der Waals surface area contributed by atoms with Crippen molar-refractivity contribution in [3.05, 3.63) is 52.6 Å². The number of nitrogens with two attached hydrogens (primary N) is 1. The van der Waals surface area contributed by atoms with E-state index < -0.39 is 0 Å². The fraction of sp³-hybridized carbons (Fsp3) is 0.222. The van der Waals surface area contributed by atoms with Crippen LogP contribution in [0.15, 0.2) is 35.2 Å². The van der Waals surface area contributed by atoms with E-state index in [-0.39, 0.29) is 75.4 Å². The molecule has 3 N–H and O–H groups in total. The summed E-state index contributed by atoms with van der Waals surface area (Å²) in [5, 5.41) is 3.31. The van der Waals surface area contributed by atoms with Crippen LogP contribution in [0.25, 0.3) is 0 Å². The van der Waals surface area contributed by atoms with Gasteiger partial charge in [0.05, 0.1) is 16.8 Å². The number of hydrogen-bond acceptors (Lipinski definition) is 6. The van der Waals surface area contributed by atoms with Gasteiger partial charge in [-0.3, -0.25) is 9.59 Å². The quantitative estimate of drug-likeness (QED) is 0.394. The maximum Gasteiger partial charge on any atom is 1.00 e. The average Bonchev–Trinajstić information content (AvgIpc) is 2.56. The van der Waals surface area contributed by atoms with Gasteiger partial charge in [-0.2, -0.15) is 0 Å². The molecule has 2 aromatic rings. The average molecular weight is 362 g/mol. The Morgan fingerprint density at radius 2 is 1.68 bits per heavy atom. The summed E-state index contributed by atoms with van der Waals surface area (Å²) < 4.78 is 11.4. The first-order chi connectivity index (χ1) is 11.6. The molecule has 0 atom stereocenters. The maximum absolute atomic E-state index is 13.0. The zero-order valence-corrected chi connectivity index (χ0v) is 16.6. The number of carbonyl (C=O) groups is 2. The van der Waals surface area contributed by atoms with E-state index in [0.29, 0.717) is 22.4 Å². The van der Waals surface area contributed by atoms with E-state index in [1.807, 2.05) is 0 Å². The number of hydrogen-bond donors (Lipinski definition) is 2. The molecule has 2 aliphatic carbocycles. The molecule has 4 rings (SSSR count). The van der Waals surface area contributed by atoms with Crippen LogP contribution in [0.5, 0.6) is 0 Å². The first-order valence-corrected chi connectivity index (χ1v) is 8.57. The predicted molar refractivity (Wildman–Crippen MR) is 92.1 cm³/mol. The minimum Gasteiger partial charge on any atom is -0.795 e. The molecular formula is C18H15N2NaO3S. The van der Waals surface area contributed by atoms with E-state index in [2.05, 4.69) is 5.32 Å². The van der Waals surface area contributed by atoms with E-state index in [9.17, 15) is 14.1 Å². The van der Waals surface area contributed by atoms with Crippen molar-refractivity contribution in [2.75, 3.05) is 11.1 Å². The van der Waals surface area contributed by atoms with Crippen molar-refractivity contribution in [1.82, 2.24) is 0 Å². The second kappa shape index (κ2) is 7.13. The van der Waals surface area contributed by atoms with E-state index >= 15 is 0 Å². The summed E-state index contributed by atoms with van der Waals surface area (Å²) in [4.78, 5) is 26.1. The Balaban J connectivity index is 0.00000182. The van der Waals surface area contributed by atoms with E-state index in [1.54, 1.807) is 30.3 Å². The van der Waals surface area contributed by atoms with Crippen LogP contribution >= 0.6 is 12.0 Å². The predicted octanol–water partition coefficient (Wildman–Crippen LogP) is 0.235. The maximum atomic E-state index is 13.0. The Morgan fingerprint density at radius 1 is 1.08 bits per heavy atom. The van der Waals surface area contributed by atoms with Gasteiger partial charge in [-0.25, -0.2) is 12.0 Å². The van der Waals surface area contributed by atoms with Crippen molar-refractivity contribution in [3.8, 4) is 0 Å². The Morgan fingerprint density at radius 3 is 2.20 bits per heavy atom. The molecule has 1 saturated carbocycles. The second-order valence-electron chi connectivity index (χ2n) is 6.15. The molecule has 0 aliphatic heterocycles. The molecule has 0 heterocycles. The van der Waals surface area contributed by atoms with Gasteiger partial charge in [-0.05, 0) is 25.3 Å². The van der Waals surface area contributed by atoms with Crippen molar-refractivity contribution < 1.29 is 43.7 Å². The second-order valence-corrected chi connectivity index (χ2v) is 6.75. The number of rotatable bonds is 3. The van der Waals surface area contributed by atoms with Gasteiger partial charge in [-0.15, -0.1) is 0 Å². The monoisotopic (exact) mass is 362 g/mol. The van der Waals surface area contributed by atoms with Gasteiger partial charge in [0.15, 0.2) is 11.6 Å². The molecule has 2 aliphatic rings. The largest absolute Gasteiger partial charge is 1.00 e. The van der Waals surface area contributed by atoms with Crippen molar-refractivity contribution in [2.45, 2.75) is 30.2 Å². The molecule has 2 aromatic carbocycles. The van der Waals surface area contributed by atoms with Crippen LogP contribution in [0, 0.1) is 0 Å². The molecule has 0 amide bonds. The third-order valence-corrected chi connectivity index (χ3v) is 5.27. The number of anilines is 2. The number of fused-ring (bicyclic) bond motifs is 2. The number of nitrogen functional groups attached to an aromatic ring is 1. The van der Waals surface area contributed by atoms with Crippen LogP contribution in [-0.2, 0) is 0 Å². The minimum absolute atomic E-state index is 0. The molecule has 122 valence electrons. The molecule has 1 fully saturated rings. The zero-order chi connectivity index (χ0) is 16.8. The molecule has 0 unspecified atom stereocenters. The molecule has 7 heteroatoms. The first kappa shape index (κ1) is 18.5. The summed E-state index contributed by atoms with van der Waals surface area (Å²) in [5.74, 6) is -0.526. The van der Waals surface area contributed by atoms with Gasteiger partial charge >= 0.3 is 29.6 Å². The van der Waals surface area contributed by atoms with Crippen molar-refractivity contribution in [2.24, 2.45) is 0 Å².